The first-order valence-electron chi connectivity index (χ1n) is 7.35. The molecule has 0 bridgehead atoms. The lowest BCUT2D eigenvalue weighted by atomic mass is 10.0. The first-order chi connectivity index (χ1) is 10.5. The van der Waals surface area contributed by atoms with Gasteiger partial charge in [-0.05, 0) is 24.8 Å². The Morgan fingerprint density at radius 3 is 2.95 bits per heavy atom. The highest BCUT2D eigenvalue weighted by molar-refractivity contribution is 5.81. The lowest BCUT2D eigenvalue weighted by Crippen LogP contribution is -2.41. The van der Waals surface area contributed by atoms with E-state index in [1.807, 2.05) is 4.90 Å². The minimum absolute atomic E-state index is 0.000101. The molecule has 1 N–H and O–H groups in total. The molecule has 0 radical (unpaired) electrons. The molecular formula is C15H21N3O4. The fourth-order valence-electron chi connectivity index (χ4n) is 2.65. The number of carbonyl (C=O) groups excluding carboxylic acids is 1. The highest BCUT2D eigenvalue weighted by Crippen LogP contribution is 2.28. The standard InChI is InChI=1S/C15H21N3O4/c1-11-4-3-7-17(10-11)15(19)9-16-13-8-12(18(20)21)5-6-14(13)22-2/h5-6,8,11,16H,3-4,7,9-10H2,1-2H3. The minimum Gasteiger partial charge on any atom is -0.495 e. The number of hydrogen-bond acceptors (Lipinski definition) is 5. The van der Waals surface area contributed by atoms with Crippen LogP contribution in [0.5, 0.6) is 5.75 Å². The van der Waals surface area contributed by atoms with Crippen LogP contribution >= 0.6 is 0 Å². The summed E-state index contributed by atoms with van der Waals surface area (Å²) in [4.78, 5) is 24.4. The third kappa shape index (κ3) is 3.87. The second-order valence-electron chi connectivity index (χ2n) is 5.58. The molecule has 1 atom stereocenters. The Morgan fingerprint density at radius 2 is 2.32 bits per heavy atom. The average Bonchev–Trinajstić information content (AvgIpc) is 2.52. The molecule has 1 amide bonds. The van der Waals surface area contributed by atoms with Crippen molar-refractivity contribution in [2.45, 2.75) is 19.8 Å². The van der Waals surface area contributed by atoms with Crippen LogP contribution in [0.1, 0.15) is 19.8 Å². The topological polar surface area (TPSA) is 84.7 Å². The van der Waals surface area contributed by atoms with E-state index in [-0.39, 0.29) is 18.1 Å². The van der Waals surface area contributed by atoms with Gasteiger partial charge in [-0.2, -0.15) is 0 Å². The fraction of sp³-hybridized carbons (Fsp3) is 0.533. The molecule has 2 rings (SSSR count). The third-order valence-electron chi connectivity index (χ3n) is 3.83. The number of nitrogens with zero attached hydrogens (tertiary/aromatic N) is 2. The largest absolute Gasteiger partial charge is 0.495 e. The van der Waals surface area contributed by atoms with Gasteiger partial charge >= 0.3 is 0 Å². The van der Waals surface area contributed by atoms with Crippen LogP contribution < -0.4 is 10.1 Å². The molecule has 1 aliphatic heterocycles. The molecule has 22 heavy (non-hydrogen) atoms. The first kappa shape index (κ1) is 16.1. The third-order valence-corrected chi connectivity index (χ3v) is 3.83. The number of nitro benzene ring substituents is 1. The van der Waals surface area contributed by atoms with Crippen LogP contribution in [0.25, 0.3) is 0 Å². The molecule has 7 heteroatoms. The number of benzene rings is 1. The summed E-state index contributed by atoms with van der Waals surface area (Å²) in [6.45, 7) is 3.78. The Hall–Kier alpha value is -2.31. The molecule has 0 spiro atoms. The van der Waals surface area contributed by atoms with E-state index >= 15 is 0 Å². The SMILES string of the molecule is COc1ccc([N+](=O)[O-])cc1NCC(=O)N1CCCC(C)C1. The number of non-ortho nitro benzene ring substituents is 1. The van der Waals surface area contributed by atoms with Gasteiger partial charge in [-0.25, -0.2) is 0 Å². The van der Waals surface area contributed by atoms with E-state index in [1.54, 1.807) is 0 Å². The zero-order valence-electron chi connectivity index (χ0n) is 12.9. The minimum atomic E-state index is -0.473. The Balaban J connectivity index is 2.02. The van der Waals surface area contributed by atoms with Gasteiger partial charge in [0.25, 0.3) is 5.69 Å². The smallest absolute Gasteiger partial charge is 0.271 e. The number of amides is 1. The van der Waals surface area contributed by atoms with E-state index in [0.717, 1.165) is 25.9 Å². The van der Waals surface area contributed by atoms with Gasteiger partial charge in [0.15, 0.2) is 0 Å². The van der Waals surface area contributed by atoms with Gasteiger partial charge in [0.05, 0.1) is 24.3 Å². The van der Waals surface area contributed by atoms with E-state index in [2.05, 4.69) is 12.2 Å². The number of hydrogen-bond donors (Lipinski definition) is 1. The van der Waals surface area contributed by atoms with Crippen molar-refractivity contribution in [2.75, 3.05) is 32.1 Å². The quantitative estimate of drug-likeness (QED) is 0.666. The van der Waals surface area contributed by atoms with Gasteiger partial charge in [-0.1, -0.05) is 6.92 Å². The number of likely N-dealkylation sites (tertiary alicyclic amines) is 1. The average molecular weight is 307 g/mol. The van der Waals surface area contributed by atoms with Crippen LogP contribution in [0.2, 0.25) is 0 Å². The van der Waals surface area contributed by atoms with Gasteiger partial charge < -0.3 is 15.0 Å². The van der Waals surface area contributed by atoms with Crippen molar-refractivity contribution in [3.63, 3.8) is 0 Å². The van der Waals surface area contributed by atoms with Crippen LogP contribution in [0.4, 0.5) is 11.4 Å². The lowest BCUT2D eigenvalue weighted by Gasteiger charge is -2.31. The molecule has 0 saturated carbocycles. The van der Waals surface area contributed by atoms with Crippen LogP contribution in [-0.4, -0.2) is 42.5 Å². The van der Waals surface area contributed by atoms with Crippen molar-refractivity contribution in [1.82, 2.24) is 4.90 Å². The second kappa shape index (κ2) is 7.11. The fourth-order valence-corrected chi connectivity index (χ4v) is 2.65. The number of methoxy groups -OCH3 is 1. The monoisotopic (exact) mass is 307 g/mol. The molecule has 7 nitrogen and oxygen atoms in total. The Labute approximate surface area is 129 Å². The van der Waals surface area contributed by atoms with Crippen LogP contribution in [0.3, 0.4) is 0 Å². The number of rotatable bonds is 5. The number of carbonyl (C=O) groups is 1. The number of nitro groups is 1. The molecule has 1 saturated heterocycles. The van der Waals surface area contributed by atoms with Gasteiger partial charge in [0.2, 0.25) is 5.91 Å². The molecule has 1 aliphatic rings. The molecule has 1 fully saturated rings. The first-order valence-corrected chi connectivity index (χ1v) is 7.35. The number of piperidine rings is 1. The van der Waals surface area contributed by atoms with Crippen LogP contribution in [0.15, 0.2) is 18.2 Å². The zero-order valence-corrected chi connectivity index (χ0v) is 12.9. The summed E-state index contributed by atoms with van der Waals surface area (Å²) in [5, 5.41) is 13.8. The molecule has 120 valence electrons. The summed E-state index contributed by atoms with van der Waals surface area (Å²) in [5.41, 5.74) is 0.414. The number of anilines is 1. The van der Waals surface area contributed by atoms with Gasteiger partial charge in [-0.15, -0.1) is 0 Å². The summed E-state index contributed by atoms with van der Waals surface area (Å²) < 4.78 is 5.16. The molecular weight excluding hydrogens is 286 g/mol. The molecule has 1 heterocycles. The molecule has 0 aromatic heterocycles. The Bertz CT molecular complexity index is 562. The van der Waals surface area contributed by atoms with E-state index in [9.17, 15) is 14.9 Å². The van der Waals surface area contributed by atoms with Gasteiger partial charge in [0.1, 0.15) is 5.75 Å². The predicted octanol–water partition coefficient (Wildman–Crippen LogP) is 2.27. The highest BCUT2D eigenvalue weighted by atomic mass is 16.6. The van der Waals surface area contributed by atoms with Crippen molar-refractivity contribution in [3.05, 3.63) is 28.3 Å². The zero-order chi connectivity index (χ0) is 16.1. The van der Waals surface area contributed by atoms with Crippen molar-refractivity contribution < 1.29 is 14.5 Å². The van der Waals surface area contributed by atoms with E-state index in [0.29, 0.717) is 17.4 Å². The number of ether oxygens (including phenoxy) is 1. The van der Waals surface area contributed by atoms with Crippen molar-refractivity contribution in [3.8, 4) is 5.75 Å². The van der Waals surface area contributed by atoms with Gasteiger partial charge in [0, 0.05) is 25.2 Å². The maximum atomic E-state index is 12.2. The molecule has 1 aromatic rings. The molecule has 1 unspecified atom stereocenters. The summed E-state index contributed by atoms with van der Waals surface area (Å²) in [5.74, 6) is 0.996. The maximum Gasteiger partial charge on any atom is 0.271 e. The van der Waals surface area contributed by atoms with Gasteiger partial charge in [-0.3, -0.25) is 14.9 Å². The van der Waals surface area contributed by atoms with E-state index in [1.165, 1.54) is 25.3 Å². The van der Waals surface area contributed by atoms with Crippen molar-refractivity contribution >= 4 is 17.3 Å². The van der Waals surface area contributed by atoms with Crippen molar-refractivity contribution in [1.29, 1.82) is 0 Å². The Morgan fingerprint density at radius 1 is 1.55 bits per heavy atom. The maximum absolute atomic E-state index is 12.2. The summed E-state index contributed by atoms with van der Waals surface area (Å²) >= 11 is 0. The molecule has 0 aliphatic carbocycles. The second-order valence-corrected chi connectivity index (χ2v) is 5.58. The Kier molecular flexibility index (Phi) is 5.19. The van der Waals surface area contributed by atoms with E-state index < -0.39 is 4.92 Å². The summed E-state index contributed by atoms with van der Waals surface area (Å²) in [7, 11) is 1.49. The van der Waals surface area contributed by atoms with Crippen LogP contribution in [-0.2, 0) is 4.79 Å². The number of nitrogens with one attached hydrogen (secondary N) is 1. The predicted molar refractivity (Wildman–Crippen MR) is 83.1 cm³/mol. The molecule has 1 aromatic carbocycles. The van der Waals surface area contributed by atoms with E-state index in [4.69, 9.17) is 4.74 Å². The highest BCUT2D eigenvalue weighted by Gasteiger charge is 2.21. The van der Waals surface area contributed by atoms with Crippen LogP contribution in [0, 0.1) is 16.0 Å². The summed E-state index contributed by atoms with van der Waals surface area (Å²) in [6, 6.07) is 4.27. The summed E-state index contributed by atoms with van der Waals surface area (Å²) in [6.07, 6.45) is 2.17. The van der Waals surface area contributed by atoms with Crippen molar-refractivity contribution in [2.24, 2.45) is 5.92 Å². The normalized spacial score (nSPS) is 17.9. The lowest BCUT2D eigenvalue weighted by molar-refractivity contribution is -0.384.